The number of aliphatic hydroxyl groups excluding tert-OH is 1. The first-order valence-electron chi connectivity index (χ1n) is 5.99. The van der Waals surface area contributed by atoms with Gasteiger partial charge in [0.15, 0.2) is 0 Å². The molecule has 0 saturated heterocycles. The predicted molar refractivity (Wildman–Crippen MR) is 72.4 cm³/mol. The number of rotatable bonds is 4. The van der Waals surface area contributed by atoms with Crippen LogP contribution in [-0.4, -0.2) is 21.7 Å². The molecule has 0 fully saturated rings. The third-order valence-electron chi connectivity index (χ3n) is 3.12. The molecule has 0 saturated carbocycles. The Labute approximate surface area is 108 Å². The van der Waals surface area contributed by atoms with Crippen molar-refractivity contribution in [3.63, 3.8) is 0 Å². The van der Waals surface area contributed by atoms with Crippen molar-refractivity contribution in [1.82, 2.24) is 9.55 Å². The zero-order valence-electron chi connectivity index (χ0n) is 11.1. The van der Waals surface area contributed by atoms with Crippen LogP contribution in [0.2, 0.25) is 0 Å². The van der Waals surface area contributed by atoms with Gasteiger partial charge in [-0.15, -0.1) is 0 Å². The van der Waals surface area contributed by atoms with E-state index in [1.54, 1.807) is 6.20 Å². The maximum Gasteiger partial charge on any atom is 0.127 e. The molecule has 4 heteroatoms. The van der Waals surface area contributed by atoms with Gasteiger partial charge >= 0.3 is 0 Å². The van der Waals surface area contributed by atoms with E-state index in [1.165, 1.54) is 0 Å². The number of hydrogen-bond donors (Lipinski definition) is 1. The maximum absolute atomic E-state index is 9.42. The minimum Gasteiger partial charge on any atom is -0.392 e. The third-order valence-corrected chi connectivity index (χ3v) is 3.12. The highest BCUT2D eigenvalue weighted by atomic mass is 16.3. The van der Waals surface area contributed by atoms with E-state index in [2.05, 4.69) is 16.0 Å². The van der Waals surface area contributed by atoms with E-state index in [0.29, 0.717) is 0 Å². The summed E-state index contributed by atoms with van der Waals surface area (Å²) in [7, 11) is 4.00. The van der Waals surface area contributed by atoms with Crippen molar-refractivity contribution in [2.24, 2.45) is 7.05 Å². The minimum atomic E-state index is 0.0575. The molecule has 2 rings (SSSR count). The summed E-state index contributed by atoms with van der Waals surface area (Å²) in [5.41, 5.74) is 3.16. The Morgan fingerprint density at radius 1 is 1.39 bits per heavy atom. The van der Waals surface area contributed by atoms with Crippen LogP contribution in [0.25, 0.3) is 0 Å². The molecule has 0 radical (unpaired) electrons. The van der Waals surface area contributed by atoms with Gasteiger partial charge in [-0.25, -0.2) is 4.98 Å². The van der Waals surface area contributed by atoms with Crippen molar-refractivity contribution >= 4 is 5.69 Å². The molecule has 0 aliphatic carbocycles. The Balaban J connectivity index is 2.23. The number of aryl methyl sites for hydroxylation is 2. The van der Waals surface area contributed by atoms with Crippen LogP contribution in [-0.2, 0) is 20.2 Å². The summed E-state index contributed by atoms with van der Waals surface area (Å²) < 4.78 is 2.00. The van der Waals surface area contributed by atoms with Crippen molar-refractivity contribution < 1.29 is 5.11 Å². The molecule has 0 aliphatic heterocycles. The molecule has 1 aromatic heterocycles. The fraction of sp³-hybridized carbons (Fsp3) is 0.357. The van der Waals surface area contributed by atoms with Crippen LogP contribution >= 0.6 is 0 Å². The standard InChI is InChI=1S/C14H19N3O/c1-11-4-5-13(12(8-11)10-18)17(3)9-14-15-6-7-16(14)2/h4-8,18H,9-10H2,1-3H3. The number of aromatic nitrogens is 2. The second-order valence-electron chi connectivity index (χ2n) is 4.60. The molecule has 1 aromatic carbocycles. The quantitative estimate of drug-likeness (QED) is 0.894. The summed E-state index contributed by atoms with van der Waals surface area (Å²) >= 11 is 0. The van der Waals surface area contributed by atoms with Crippen molar-refractivity contribution in [3.8, 4) is 0 Å². The van der Waals surface area contributed by atoms with Crippen molar-refractivity contribution in [1.29, 1.82) is 0 Å². The van der Waals surface area contributed by atoms with Crippen LogP contribution in [0.5, 0.6) is 0 Å². The topological polar surface area (TPSA) is 41.3 Å². The number of nitrogens with zero attached hydrogens (tertiary/aromatic N) is 3. The fourth-order valence-corrected chi connectivity index (χ4v) is 2.06. The number of hydrogen-bond acceptors (Lipinski definition) is 3. The van der Waals surface area contributed by atoms with Crippen LogP contribution < -0.4 is 4.90 Å². The highest BCUT2D eigenvalue weighted by molar-refractivity contribution is 5.54. The second kappa shape index (κ2) is 5.23. The number of benzene rings is 1. The van der Waals surface area contributed by atoms with Crippen molar-refractivity contribution in [2.45, 2.75) is 20.1 Å². The minimum absolute atomic E-state index is 0.0575. The van der Waals surface area contributed by atoms with E-state index in [1.807, 2.05) is 43.9 Å². The number of aliphatic hydroxyl groups is 1. The average Bonchev–Trinajstić information content (AvgIpc) is 2.74. The highest BCUT2D eigenvalue weighted by Gasteiger charge is 2.09. The van der Waals surface area contributed by atoms with E-state index in [9.17, 15) is 5.11 Å². The summed E-state index contributed by atoms with van der Waals surface area (Å²) in [5, 5.41) is 9.42. The average molecular weight is 245 g/mol. The maximum atomic E-state index is 9.42. The molecule has 2 aromatic rings. The Hall–Kier alpha value is -1.81. The molecule has 0 unspecified atom stereocenters. The Bertz CT molecular complexity index is 534. The molecule has 0 spiro atoms. The molecular formula is C14H19N3O. The van der Waals surface area contributed by atoms with E-state index in [-0.39, 0.29) is 6.61 Å². The molecule has 0 aliphatic rings. The van der Waals surface area contributed by atoms with Gasteiger partial charge in [0, 0.05) is 37.7 Å². The van der Waals surface area contributed by atoms with Crippen LogP contribution in [0.4, 0.5) is 5.69 Å². The Kier molecular flexibility index (Phi) is 3.67. The molecule has 4 nitrogen and oxygen atoms in total. The molecule has 1 N–H and O–H groups in total. The zero-order valence-corrected chi connectivity index (χ0v) is 11.1. The van der Waals surface area contributed by atoms with Crippen LogP contribution in [0, 0.1) is 6.92 Å². The first-order valence-corrected chi connectivity index (χ1v) is 5.99. The largest absolute Gasteiger partial charge is 0.392 e. The summed E-state index contributed by atoms with van der Waals surface area (Å²) in [5.74, 6) is 1.00. The van der Waals surface area contributed by atoms with Gasteiger partial charge in [-0.05, 0) is 13.0 Å². The van der Waals surface area contributed by atoms with E-state index in [0.717, 1.165) is 29.2 Å². The van der Waals surface area contributed by atoms with Gasteiger partial charge in [0.05, 0.1) is 13.2 Å². The van der Waals surface area contributed by atoms with Gasteiger partial charge in [0.1, 0.15) is 5.82 Å². The SMILES string of the molecule is Cc1ccc(N(C)Cc2nccn2C)c(CO)c1. The highest BCUT2D eigenvalue weighted by Crippen LogP contribution is 2.22. The molecule has 0 bridgehead atoms. The first-order chi connectivity index (χ1) is 8.61. The van der Waals surface area contributed by atoms with Gasteiger partial charge in [0.2, 0.25) is 0 Å². The van der Waals surface area contributed by atoms with Crippen LogP contribution in [0.1, 0.15) is 17.0 Å². The van der Waals surface area contributed by atoms with Gasteiger partial charge < -0.3 is 14.6 Å². The smallest absolute Gasteiger partial charge is 0.127 e. The normalized spacial score (nSPS) is 10.7. The predicted octanol–water partition coefficient (Wildman–Crippen LogP) is 1.86. The zero-order chi connectivity index (χ0) is 13.1. The third kappa shape index (κ3) is 2.54. The van der Waals surface area contributed by atoms with Crippen LogP contribution in [0.15, 0.2) is 30.6 Å². The number of imidazole rings is 1. The van der Waals surface area contributed by atoms with Gasteiger partial charge in [-0.3, -0.25) is 0 Å². The van der Waals surface area contributed by atoms with Gasteiger partial charge in [-0.1, -0.05) is 17.7 Å². The molecule has 1 heterocycles. The molecule has 0 amide bonds. The molecule has 18 heavy (non-hydrogen) atoms. The van der Waals surface area contributed by atoms with E-state index >= 15 is 0 Å². The molecular weight excluding hydrogens is 226 g/mol. The summed E-state index contributed by atoms with van der Waals surface area (Å²) in [6.45, 7) is 2.81. The Morgan fingerprint density at radius 3 is 2.78 bits per heavy atom. The van der Waals surface area contributed by atoms with Crippen molar-refractivity contribution in [3.05, 3.63) is 47.5 Å². The molecule has 96 valence electrons. The lowest BCUT2D eigenvalue weighted by atomic mass is 10.1. The lowest BCUT2D eigenvalue weighted by Crippen LogP contribution is -2.20. The first kappa shape index (κ1) is 12.6. The van der Waals surface area contributed by atoms with E-state index < -0.39 is 0 Å². The number of anilines is 1. The lowest BCUT2D eigenvalue weighted by molar-refractivity contribution is 0.282. The van der Waals surface area contributed by atoms with Gasteiger partial charge in [-0.2, -0.15) is 0 Å². The lowest BCUT2D eigenvalue weighted by Gasteiger charge is -2.22. The second-order valence-corrected chi connectivity index (χ2v) is 4.60. The van der Waals surface area contributed by atoms with Crippen LogP contribution in [0.3, 0.4) is 0 Å². The summed E-state index contributed by atoms with van der Waals surface area (Å²) in [6, 6.07) is 6.12. The summed E-state index contributed by atoms with van der Waals surface area (Å²) in [6.07, 6.45) is 3.73. The Morgan fingerprint density at radius 2 is 2.17 bits per heavy atom. The van der Waals surface area contributed by atoms with E-state index in [4.69, 9.17) is 0 Å². The summed E-state index contributed by atoms with van der Waals surface area (Å²) in [4.78, 5) is 6.42. The van der Waals surface area contributed by atoms with Gasteiger partial charge in [0.25, 0.3) is 0 Å². The monoisotopic (exact) mass is 245 g/mol. The fourth-order valence-electron chi connectivity index (χ4n) is 2.06. The van der Waals surface area contributed by atoms with Crippen molar-refractivity contribution in [2.75, 3.05) is 11.9 Å². The molecule has 0 atom stereocenters.